The van der Waals surface area contributed by atoms with Gasteiger partial charge in [-0.2, -0.15) is 0 Å². The first kappa shape index (κ1) is 35.4. The molecule has 0 aliphatic carbocycles. The van der Waals surface area contributed by atoms with Crippen molar-refractivity contribution in [3.8, 4) is 11.5 Å². The van der Waals surface area contributed by atoms with E-state index in [9.17, 15) is 4.79 Å². The molecule has 1 aliphatic heterocycles. The van der Waals surface area contributed by atoms with Crippen molar-refractivity contribution in [2.24, 2.45) is 10.1 Å². The lowest BCUT2D eigenvalue weighted by atomic mass is 9.81. The Morgan fingerprint density at radius 1 is 1.00 bits per heavy atom. The summed E-state index contributed by atoms with van der Waals surface area (Å²) in [5.74, 6) is 1.38. The average molecular weight is 728 g/mol. The number of rotatable bonds is 17. The summed E-state index contributed by atoms with van der Waals surface area (Å²) in [5.41, 5.74) is 17.7. The molecule has 1 heterocycles. The van der Waals surface area contributed by atoms with Gasteiger partial charge in [-0.15, -0.1) is 0 Å². The van der Waals surface area contributed by atoms with E-state index in [1.807, 2.05) is 104 Å². The standard InChI is InChI=1S/C37H39BrN6O5/c1-2-47-33-11-6-5-8-26(33)20-21-40-43-36(46)37(24-29-9-3-4-10-30(29)25-41-44-39)34(27-12-16-31(38)17-13-27)49-35(42-37)28-14-18-32(19-15-28)48-23-7-22-45/h3-6,8-19,34,40,45H,2,7,20-25H2,1H3,(H,43,46)/t34-,37-/m0/s1. The van der Waals surface area contributed by atoms with Crippen LogP contribution in [0, 0.1) is 0 Å². The van der Waals surface area contributed by atoms with Gasteiger partial charge in [0, 0.05) is 40.9 Å². The quantitative estimate of drug-likeness (QED) is 0.0359. The zero-order valence-corrected chi connectivity index (χ0v) is 28.8. The number of benzene rings is 4. The van der Waals surface area contributed by atoms with Gasteiger partial charge in [-0.25, -0.2) is 10.4 Å². The smallest absolute Gasteiger partial charge is 0.266 e. The molecule has 0 fully saturated rings. The third kappa shape index (κ3) is 8.98. The molecule has 0 saturated carbocycles. The molecule has 1 amide bonds. The van der Waals surface area contributed by atoms with E-state index in [-0.39, 0.29) is 25.5 Å². The highest BCUT2D eigenvalue weighted by Gasteiger charge is 2.53. The largest absolute Gasteiger partial charge is 0.494 e. The summed E-state index contributed by atoms with van der Waals surface area (Å²) in [7, 11) is 0. The first-order chi connectivity index (χ1) is 24.0. The van der Waals surface area contributed by atoms with E-state index in [4.69, 9.17) is 29.8 Å². The van der Waals surface area contributed by atoms with E-state index in [1.54, 1.807) is 0 Å². The number of hydrogen-bond acceptors (Lipinski definition) is 8. The highest BCUT2D eigenvalue weighted by atomic mass is 79.9. The Kier molecular flexibility index (Phi) is 12.7. The van der Waals surface area contributed by atoms with Crippen LogP contribution < -0.4 is 20.3 Å². The van der Waals surface area contributed by atoms with Crippen LogP contribution >= 0.6 is 15.9 Å². The van der Waals surface area contributed by atoms with Gasteiger partial charge in [-0.3, -0.25) is 10.2 Å². The molecule has 11 nitrogen and oxygen atoms in total. The fourth-order valence-electron chi connectivity index (χ4n) is 5.66. The Balaban J connectivity index is 1.51. The van der Waals surface area contributed by atoms with E-state index >= 15 is 0 Å². The summed E-state index contributed by atoms with van der Waals surface area (Å²) in [5, 5.41) is 12.9. The number of ether oxygens (including phenoxy) is 3. The topological polar surface area (TPSA) is 150 Å². The predicted octanol–water partition coefficient (Wildman–Crippen LogP) is 6.78. The highest BCUT2D eigenvalue weighted by Crippen LogP contribution is 2.43. The van der Waals surface area contributed by atoms with Crippen LogP contribution in [0.25, 0.3) is 10.4 Å². The maximum atomic E-state index is 14.6. The highest BCUT2D eigenvalue weighted by molar-refractivity contribution is 9.10. The second-order valence-electron chi connectivity index (χ2n) is 11.3. The second-order valence-corrected chi connectivity index (χ2v) is 12.3. The lowest BCUT2D eigenvalue weighted by Crippen LogP contribution is -2.54. The Morgan fingerprint density at radius 3 is 2.43 bits per heavy atom. The van der Waals surface area contributed by atoms with E-state index in [2.05, 4.69) is 36.8 Å². The fraction of sp³-hybridized carbons (Fsp3) is 0.297. The zero-order valence-electron chi connectivity index (χ0n) is 27.2. The minimum absolute atomic E-state index is 0.0474. The molecule has 254 valence electrons. The Bertz CT molecular complexity index is 1780. The molecule has 3 N–H and O–H groups in total. The van der Waals surface area contributed by atoms with Gasteiger partial charge in [0.2, 0.25) is 5.90 Å². The van der Waals surface area contributed by atoms with E-state index in [0.717, 1.165) is 32.5 Å². The number of hydrogen-bond donors (Lipinski definition) is 3. The van der Waals surface area contributed by atoms with Gasteiger partial charge < -0.3 is 19.3 Å². The number of amides is 1. The SMILES string of the molecule is CCOc1ccccc1CCNNC(=O)[C@@]1(Cc2ccccc2CN=[N+]=[N-])N=C(c2ccc(OCCCO)cc2)O[C@H]1c1ccc(Br)cc1. The molecule has 0 unspecified atom stereocenters. The van der Waals surface area contributed by atoms with Crippen molar-refractivity contribution < 1.29 is 24.1 Å². The molecule has 2 atom stereocenters. The van der Waals surface area contributed by atoms with Crippen molar-refractivity contribution in [2.75, 3.05) is 26.4 Å². The number of nitrogens with zero attached hydrogens (tertiary/aromatic N) is 4. The molecule has 0 radical (unpaired) electrons. The predicted molar refractivity (Wildman–Crippen MR) is 191 cm³/mol. The van der Waals surface area contributed by atoms with E-state index in [1.165, 1.54) is 0 Å². The lowest BCUT2D eigenvalue weighted by molar-refractivity contribution is -0.130. The number of aliphatic imine (C=N–C) groups is 1. The third-order valence-corrected chi connectivity index (χ3v) is 8.61. The van der Waals surface area contributed by atoms with Crippen molar-refractivity contribution in [3.63, 3.8) is 0 Å². The molecule has 0 bridgehead atoms. The van der Waals surface area contributed by atoms with Crippen LogP contribution in [0.4, 0.5) is 0 Å². The molecule has 1 aliphatic rings. The lowest BCUT2D eigenvalue weighted by Gasteiger charge is -2.31. The minimum atomic E-state index is -1.46. The van der Waals surface area contributed by atoms with Crippen LogP contribution in [-0.2, 0) is 28.9 Å². The molecular formula is C37H39BrN6O5. The number of hydrazine groups is 1. The minimum Gasteiger partial charge on any atom is -0.494 e. The number of carbonyl (C=O) groups excluding carboxylic acids is 1. The molecule has 0 saturated heterocycles. The maximum Gasteiger partial charge on any atom is 0.266 e. The summed E-state index contributed by atoms with van der Waals surface area (Å²) >= 11 is 3.52. The van der Waals surface area contributed by atoms with Crippen molar-refractivity contribution in [1.82, 2.24) is 10.9 Å². The van der Waals surface area contributed by atoms with Gasteiger partial charge in [-0.1, -0.05) is 75.6 Å². The monoisotopic (exact) mass is 726 g/mol. The second kappa shape index (κ2) is 17.5. The van der Waals surface area contributed by atoms with Gasteiger partial charge >= 0.3 is 0 Å². The Hall–Kier alpha value is -4.87. The van der Waals surface area contributed by atoms with E-state index < -0.39 is 11.6 Å². The first-order valence-corrected chi connectivity index (χ1v) is 16.9. The molecule has 4 aromatic carbocycles. The third-order valence-electron chi connectivity index (χ3n) is 8.08. The van der Waals surface area contributed by atoms with Gasteiger partial charge in [0.1, 0.15) is 11.5 Å². The summed E-state index contributed by atoms with van der Waals surface area (Å²) in [4.78, 5) is 22.6. The Labute approximate surface area is 294 Å². The normalized spacial score (nSPS) is 16.6. The first-order valence-electron chi connectivity index (χ1n) is 16.1. The Morgan fingerprint density at radius 2 is 1.71 bits per heavy atom. The van der Waals surface area contributed by atoms with Crippen molar-refractivity contribution in [3.05, 3.63) is 140 Å². The van der Waals surface area contributed by atoms with Crippen LogP contribution in [0.5, 0.6) is 11.5 Å². The van der Waals surface area contributed by atoms with Crippen molar-refractivity contribution >= 4 is 27.7 Å². The van der Waals surface area contributed by atoms with Crippen LogP contribution in [0.2, 0.25) is 0 Å². The maximum absolute atomic E-state index is 14.6. The van der Waals surface area contributed by atoms with Crippen LogP contribution in [0.3, 0.4) is 0 Å². The molecule has 12 heteroatoms. The summed E-state index contributed by atoms with van der Waals surface area (Å²) in [6, 6.07) is 30.3. The van der Waals surface area contributed by atoms with Gasteiger partial charge in [-0.05, 0) is 83.6 Å². The van der Waals surface area contributed by atoms with Gasteiger partial charge in [0.15, 0.2) is 11.6 Å². The molecule has 0 spiro atoms. The van der Waals surface area contributed by atoms with Crippen molar-refractivity contribution in [2.45, 2.75) is 44.4 Å². The van der Waals surface area contributed by atoms with Crippen LogP contribution in [0.1, 0.15) is 47.3 Å². The fourth-order valence-corrected chi connectivity index (χ4v) is 5.92. The molecule has 5 rings (SSSR count). The number of azide groups is 1. The molecule has 49 heavy (non-hydrogen) atoms. The van der Waals surface area contributed by atoms with Gasteiger partial charge in [0.05, 0.1) is 19.8 Å². The molecular weight excluding hydrogens is 688 g/mol. The number of halogens is 1. The zero-order chi connectivity index (χ0) is 34.5. The van der Waals surface area contributed by atoms with Gasteiger partial charge in [0.25, 0.3) is 5.91 Å². The summed E-state index contributed by atoms with van der Waals surface area (Å²) in [6.45, 7) is 3.51. The number of para-hydroxylation sites is 1. The molecule has 4 aromatic rings. The summed E-state index contributed by atoms with van der Waals surface area (Å²) in [6.07, 6.45) is 0.506. The van der Waals surface area contributed by atoms with E-state index in [0.29, 0.717) is 49.8 Å². The van der Waals surface area contributed by atoms with Crippen LogP contribution in [0.15, 0.2) is 112 Å². The average Bonchev–Trinajstić information content (AvgIpc) is 3.51. The summed E-state index contributed by atoms with van der Waals surface area (Å²) < 4.78 is 19.0. The van der Waals surface area contributed by atoms with Crippen LogP contribution in [-0.4, -0.2) is 48.8 Å². The number of aliphatic hydroxyl groups is 1. The number of nitrogens with one attached hydrogen (secondary N) is 2. The van der Waals surface area contributed by atoms with Crippen molar-refractivity contribution in [1.29, 1.82) is 0 Å². The molecule has 0 aromatic heterocycles. The number of carbonyl (C=O) groups is 1. The number of aliphatic hydroxyl groups excluding tert-OH is 1.